The average Bonchev–Trinajstić information content (AvgIpc) is 3.27. The third-order valence-corrected chi connectivity index (χ3v) is 5.70. The van der Waals surface area contributed by atoms with Gasteiger partial charge in [0.05, 0.1) is 11.4 Å². The lowest BCUT2D eigenvalue weighted by molar-refractivity contribution is -0.128. The topological polar surface area (TPSA) is 111 Å². The molecule has 2 N–H and O–H groups in total. The SMILES string of the molecule is Cc1cc(C)n(-c2nnc(SCC(=O)N3CCN(c4ccccn4)CC3)n2N)n1. The van der Waals surface area contributed by atoms with Crippen LogP contribution in [0.15, 0.2) is 35.6 Å². The minimum Gasteiger partial charge on any atom is -0.353 e. The molecule has 1 amide bonds. The molecule has 0 bridgehead atoms. The quantitative estimate of drug-likeness (QED) is 0.479. The van der Waals surface area contributed by atoms with Gasteiger partial charge in [0.2, 0.25) is 11.1 Å². The van der Waals surface area contributed by atoms with Crippen molar-refractivity contribution in [3.63, 3.8) is 0 Å². The lowest BCUT2D eigenvalue weighted by atomic mass is 10.3. The molecule has 3 aromatic rings. The number of aryl methyl sites for hydroxylation is 2. The number of carbonyl (C=O) groups excluding carboxylic acids is 1. The summed E-state index contributed by atoms with van der Waals surface area (Å²) in [6, 6.07) is 7.80. The van der Waals surface area contributed by atoms with Gasteiger partial charge in [-0.15, -0.1) is 10.2 Å². The summed E-state index contributed by atoms with van der Waals surface area (Å²) in [6.45, 7) is 6.70. The molecule has 10 nitrogen and oxygen atoms in total. The number of hydrogen-bond donors (Lipinski definition) is 1. The Hall–Kier alpha value is -3.08. The first kappa shape index (κ1) is 19.2. The van der Waals surface area contributed by atoms with Crippen molar-refractivity contribution in [3.8, 4) is 5.95 Å². The van der Waals surface area contributed by atoms with Crippen LogP contribution < -0.4 is 10.7 Å². The van der Waals surface area contributed by atoms with E-state index in [1.165, 1.54) is 16.4 Å². The van der Waals surface area contributed by atoms with Crippen LogP contribution in [-0.4, -0.2) is 72.4 Å². The summed E-state index contributed by atoms with van der Waals surface area (Å²) in [7, 11) is 0. The highest BCUT2D eigenvalue weighted by atomic mass is 32.2. The van der Waals surface area contributed by atoms with Gasteiger partial charge in [-0.2, -0.15) is 5.10 Å². The van der Waals surface area contributed by atoms with Gasteiger partial charge in [-0.05, 0) is 32.0 Å². The first-order chi connectivity index (χ1) is 14.0. The number of nitrogen functional groups attached to an aromatic ring is 1. The zero-order chi connectivity index (χ0) is 20.4. The Morgan fingerprint density at radius 3 is 2.62 bits per heavy atom. The predicted octanol–water partition coefficient (Wildman–Crippen LogP) is 0.630. The number of pyridine rings is 1. The fourth-order valence-electron chi connectivity index (χ4n) is 3.29. The number of hydrogen-bond acceptors (Lipinski definition) is 8. The van der Waals surface area contributed by atoms with E-state index in [-0.39, 0.29) is 11.7 Å². The van der Waals surface area contributed by atoms with Gasteiger partial charge in [-0.1, -0.05) is 17.8 Å². The zero-order valence-electron chi connectivity index (χ0n) is 16.4. The van der Waals surface area contributed by atoms with Gasteiger partial charge >= 0.3 is 0 Å². The monoisotopic (exact) mass is 413 g/mol. The number of thioether (sulfide) groups is 1. The molecule has 1 saturated heterocycles. The standard InChI is InChI=1S/C18H23N9OS/c1-13-11-14(2)27(23-13)17-21-22-18(26(17)19)29-12-16(28)25-9-7-24(8-10-25)15-5-3-4-6-20-15/h3-6,11H,7-10,12,19H2,1-2H3. The van der Waals surface area contributed by atoms with Crippen molar-refractivity contribution in [3.05, 3.63) is 41.9 Å². The summed E-state index contributed by atoms with van der Waals surface area (Å²) in [5, 5.41) is 13.1. The van der Waals surface area contributed by atoms with E-state index in [4.69, 9.17) is 5.84 Å². The van der Waals surface area contributed by atoms with Crippen LogP contribution in [0.4, 0.5) is 5.82 Å². The molecule has 0 atom stereocenters. The first-order valence-corrected chi connectivity index (χ1v) is 10.3. The maximum Gasteiger partial charge on any atom is 0.271 e. The summed E-state index contributed by atoms with van der Waals surface area (Å²) >= 11 is 1.28. The molecular weight excluding hydrogens is 390 g/mol. The molecule has 11 heteroatoms. The van der Waals surface area contributed by atoms with Gasteiger partial charge in [0.25, 0.3) is 5.95 Å². The molecule has 0 aromatic carbocycles. The Morgan fingerprint density at radius 1 is 1.17 bits per heavy atom. The van der Waals surface area contributed by atoms with Gasteiger partial charge in [0, 0.05) is 38.1 Å². The lowest BCUT2D eigenvalue weighted by Crippen LogP contribution is -2.49. The van der Waals surface area contributed by atoms with Crippen molar-refractivity contribution in [2.75, 3.05) is 42.7 Å². The van der Waals surface area contributed by atoms with Crippen LogP contribution in [0.1, 0.15) is 11.4 Å². The Kier molecular flexibility index (Phi) is 5.38. The molecular formula is C18H23N9OS. The van der Waals surface area contributed by atoms with E-state index < -0.39 is 0 Å². The molecule has 3 aromatic heterocycles. The van der Waals surface area contributed by atoms with Gasteiger partial charge in [-0.25, -0.2) is 14.3 Å². The third kappa shape index (κ3) is 4.04. The van der Waals surface area contributed by atoms with Gasteiger partial charge in [0.15, 0.2) is 0 Å². The molecule has 0 aliphatic carbocycles. The molecule has 0 saturated carbocycles. The molecule has 4 heterocycles. The fourth-order valence-corrected chi connectivity index (χ4v) is 4.04. The van der Waals surface area contributed by atoms with Crippen LogP contribution in [0.2, 0.25) is 0 Å². The van der Waals surface area contributed by atoms with Gasteiger partial charge in [0.1, 0.15) is 5.82 Å². The highest BCUT2D eigenvalue weighted by molar-refractivity contribution is 7.99. The predicted molar refractivity (Wildman–Crippen MR) is 111 cm³/mol. The van der Waals surface area contributed by atoms with E-state index in [0.29, 0.717) is 24.2 Å². The van der Waals surface area contributed by atoms with E-state index in [1.807, 2.05) is 43.0 Å². The molecule has 0 spiro atoms. The van der Waals surface area contributed by atoms with E-state index >= 15 is 0 Å². The second kappa shape index (κ2) is 8.11. The Morgan fingerprint density at radius 2 is 1.97 bits per heavy atom. The normalized spacial score (nSPS) is 14.4. The molecule has 1 aliphatic rings. The van der Waals surface area contributed by atoms with E-state index in [9.17, 15) is 4.79 Å². The van der Waals surface area contributed by atoms with Crippen molar-refractivity contribution in [2.24, 2.45) is 0 Å². The number of anilines is 1. The van der Waals surface area contributed by atoms with Crippen molar-refractivity contribution < 1.29 is 4.79 Å². The number of amides is 1. The average molecular weight is 414 g/mol. The molecule has 0 unspecified atom stereocenters. The summed E-state index contributed by atoms with van der Waals surface area (Å²) in [6.07, 6.45) is 1.78. The number of piperazine rings is 1. The molecule has 152 valence electrons. The molecule has 1 aliphatic heterocycles. The first-order valence-electron chi connectivity index (χ1n) is 9.33. The minimum atomic E-state index is 0.0614. The maximum absolute atomic E-state index is 12.6. The van der Waals surface area contributed by atoms with E-state index in [0.717, 1.165) is 30.3 Å². The van der Waals surface area contributed by atoms with Gasteiger partial charge < -0.3 is 15.6 Å². The van der Waals surface area contributed by atoms with Crippen molar-refractivity contribution in [2.45, 2.75) is 19.0 Å². The third-order valence-electron chi connectivity index (χ3n) is 4.78. The summed E-state index contributed by atoms with van der Waals surface area (Å²) in [5.41, 5.74) is 1.79. The van der Waals surface area contributed by atoms with Crippen LogP contribution >= 0.6 is 11.8 Å². The fraction of sp³-hybridized carbons (Fsp3) is 0.389. The lowest BCUT2D eigenvalue weighted by Gasteiger charge is -2.35. The second-order valence-electron chi connectivity index (χ2n) is 6.84. The van der Waals surface area contributed by atoms with Crippen LogP contribution in [0.5, 0.6) is 0 Å². The number of nitrogens with zero attached hydrogens (tertiary/aromatic N) is 8. The Balaban J connectivity index is 1.33. The maximum atomic E-state index is 12.6. The van der Waals surface area contributed by atoms with Crippen molar-refractivity contribution >= 4 is 23.5 Å². The van der Waals surface area contributed by atoms with Crippen LogP contribution in [-0.2, 0) is 4.79 Å². The largest absolute Gasteiger partial charge is 0.353 e. The smallest absolute Gasteiger partial charge is 0.271 e. The number of aromatic nitrogens is 6. The Labute approximate surface area is 172 Å². The van der Waals surface area contributed by atoms with Crippen LogP contribution in [0.25, 0.3) is 5.95 Å². The number of carbonyl (C=O) groups is 1. The molecule has 1 fully saturated rings. The molecule has 4 rings (SSSR count). The number of rotatable bonds is 5. The summed E-state index contributed by atoms with van der Waals surface area (Å²) < 4.78 is 3.02. The summed E-state index contributed by atoms with van der Waals surface area (Å²) in [4.78, 5) is 21.0. The van der Waals surface area contributed by atoms with Crippen molar-refractivity contribution in [1.82, 2.24) is 34.5 Å². The highest BCUT2D eigenvalue weighted by Crippen LogP contribution is 2.19. The second-order valence-corrected chi connectivity index (χ2v) is 7.78. The van der Waals surface area contributed by atoms with Gasteiger partial charge in [-0.3, -0.25) is 4.79 Å². The highest BCUT2D eigenvalue weighted by Gasteiger charge is 2.23. The van der Waals surface area contributed by atoms with Crippen LogP contribution in [0, 0.1) is 13.8 Å². The van der Waals surface area contributed by atoms with Crippen LogP contribution in [0.3, 0.4) is 0 Å². The number of nitrogens with two attached hydrogens (primary N) is 1. The molecule has 0 radical (unpaired) electrons. The van der Waals surface area contributed by atoms with E-state index in [1.54, 1.807) is 10.9 Å². The summed E-state index contributed by atoms with van der Waals surface area (Å²) in [5.74, 6) is 7.83. The Bertz CT molecular complexity index is 992. The zero-order valence-corrected chi connectivity index (χ0v) is 17.2. The van der Waals surface area contributed by atoms with Crippen molar-refractivity contribution in [1.29, 1.82) is 0 Å². The molecule has 29 heavy (non-hydrogen) atoms. The van der Waals surface area contributed by atoms with E-state index in [2.05, 4.69) is 25.2 Å². The minimum absolute atomic E-state index is 0.0614.